The molecule has 0 atom stereocenters. The minimum absolute atomic E-state index is 0.201. The van der Waals surface area contributed by atoms with E-state index in [1.54, 1.807) is 12.1 Å². The van der Waals surface area contributed by atoms with Gasteiger partial charge in [-0.05, 0) is 12.1 Å². The Morgan fingerprint density at radius 3 is 2.23 bits per heavy atom. The lowest BCUT2D eigenvalue weighted by molar-refractivity contribution is -0.134. The van der Waals surface area contributed by atoms with Crippen LogP contribution in [-0.2, 0) is 4.79 Å². The zero-order valence-corrected chi connectivity index (χ0v) is 7.46. The summed E-state index contributed by atoms with van der Waals surface area (Å²) in [4.78, 5) is 9.24. The number of nitrogen functional groups attached to an aromatic ring is 1. The van der Waals surface area contributed by atoms with Crippen molar-refractivity contribution in [3.8, 4) is 0 Å². The Morgan fingerprint density at radius 2 is 2.00 bits per heavy atom. The molecule has 0 heterocycles. The number of alkyl halides is 1. The molecule has 0 saturated carbocycles. The van der Waals surface area contributed by atoms with Gasteiger partial charge in [0.2, 0.25) is 0 Å². The van der Waals surface area contributed by atoms with Crippen molar-refractivity contribution in [2.45, 2.75) is 0 Å². The molecule has 0 saturated heterocycles. The molecule has 72 valence electrons. The number of nitrogens with two attached hydrogens (primary N) is 1. The summed E-state index contributed by atoms with van der Waals surface area (Å²) in [5, 5.41) is 7.59. The first kappa shape index (κ1) is 11.7. The molecular formula is C8H9ClFNO2. The second-order valence-corrected chi connectivity index (χ2v) is 2.32. The maximum absolute atomic E-state index is 12.2. The fourth-order valence-corrected chi connectivity index (χ4v) is 0.475. The molecule has 0 aliphatic carbocycles. The Kier molecular flexibility index (Phi) is 5.63. The van der Waals surface area contributed by atoms with Crippen molar-refractivity contribution in [2.75, 3.05) is 11.6 Å². The molecule has 1 rings (SSSR count). The van der Waals surface area contributed by atoms with Crippen LogP contribution in [0.15, 0.2) is 24.3 Å². The van der Waals surface area contributed by atoms with Gasteiger partial charge in [-0.15, -0.1) is 11.6 Å². The number of rotatable bonds is 1. The largest absolute Gasteiger partial charge is 0.480 e. The molecule has 0 radical (unpaired) electrons. The maximum atomic E-state index is 12.2. The van der Waals surface area contributed by atoms with Crippen LogP contribution in [0.25, 0.3) is 0 Å². The third-order valence-electron chi connectivity index (χ3n) is 1.02. The number of hydrogen-bond acceptors (Lipinski definition) is 2. The highest BCUT2D eigenvalue weighted by Crippen LogP contribution is 2.05. The van der Waals surface area contributed by atoms with Gasteiger partial charge in [0.05, 0.1) is 5.69 Å². The Hall–Kier alpha value is -1.29. The molecule has 1 aromatic rings. The molecule has 3 nitrogen and oxygen atoms in total. The molecule has 0 aliphatic heterocycles. The minimum atomic E-state index is -0.980. The van der Waals surface area contributed by atoms with E-state index in [2.05, 4.69) is 0 Å². The summed E-state index contributed by atoms with van der Waals surface area (Å²) in [6, 6.07) is 6.15. The summed E-state index contributed by atoms with van der Waals surface area (Å²) in [5.41, 5.74) is 5.35. The quantitative estimate of drug-likeness (QED) is 0.542. The van der Waals surface area contributed by atoms with Crippen LogP contribution in [0.5, 0.6) is 0 Å². The number of anilines is 1. The number of carbonyl (C=O) groups is 1. The highest BCUT2D eigenvalue weighted by molar-refractivity contribution is 6.26. The van der Waals surface area contributed by atoms with Crippen LogP contribution in [0.3, 0.4) is 0 Å². The fraction of sp³-hybridized carbons (Fsp3) is 0.125. The van der Waals surface area contributed by atoms with E-state index in [1.165, 1.54) is 12.1 Å². The van der Waals surface area contributed by atoms with Crippen molar-refractivity contribution in [1.29, 1.82) is 0 Å². The van der Waals surface area contributed by atoms with E-state index in [9.17, 15) is 9.18 Å². The van der Waals surface area contributed by atoms with Crippen molar-refractivity contribution in [3.05, 3.63) is 30.1 Å². The Balaban J connectivity index is 0.000000252. The monoisotopic (exact) mass is 205 g/mol. The Labute approximate surface area is 79.9 Å². The summed E-state index contributed by atoms with van der Waals surface area (Å²) >= 11 is 4.74. The van der Waals surface area contributed by atoms with Crippen LogP contribution < -0.4 is 5.73 Å². The van der Waals surface area contributed by atoms with E-state index in [-0.39, 0.29) is 17.4 Å². The lowest BCUT2D eigenvalue weighted by Gasteiger charge is -1.89. The van der Waals surface area contributed by atoms with Gasteiger partial charge in [-0.3, -0.25) is 4.79 Å². The molecule has 0 amide bonds. The van der Waals surface area contributed by atoms with Crippen LogP contribution in [-0.4, -0.2) is 17.0 Å². The van der Waals surface area contributed by atoms with E-state index in [1.807, 2.05) is 0 Å². The molecule has 13 heavy (non-hydrogen) atoms. The molecule has 3 N–H and O–H groups in total. The van der Waals surface area contributed by atoms with E-state index in [0.717, 1.165) is 0 Å². The number of aliphatic carboxylic acids is 1. The number of benzene rings is 1. The van der Waals surface area contributed by atoms with Crippen molar-refractivity contribution >= 4 is 23.3 Å². The average Bonchev–Trinajstić information content (AvgIpc) is 2.11. The summed E-state index contributed by atoms with van der Waals surface area (Å²) in [5.74, 6) is -1.64. The lowest BCUT2D eigenvalue weighted by atomic mass is 10.3. The summed E-state index contributed by atoms with van der Waals surface area (Å²) in [6.07, 6.45) is 0. The van der Waals surface area contributed by atoms with E-state index in [4.69, 9.17) is 22.4 Å². The van der Waals surface area contributed by atoms with Crippen molar-refractivity contribution in [3.63, 3.8) is 0 Å². The summed E-state index contributed by atoms with van der Waals surface area (Å²) in [7, 11) is 0. The van der Waals surface area contributed by atoms with Crippen LogP contribution in [0.2, 0.25) is 0 Å². The molecule has 0 aliphatic rings. The van der Waals surface area contributed by atoms with Gasteiger partial charge < -0.3 is 10.8 Å². The van der Waals surface area contributed by atoms with Gasteiger partial charge in [-0.2, -0.15) is 0 Å². The predicted molar refractivity (Wildman–Crippen MR) is 49.2 cm³/mol. The van der Waals surface area contributed by atoms with Crippen LogP contribution in [0.1, 0.15) is 0 Å². The SMILES string of the molecule is Nc1ccccc1F.O=C(O)CCl. The summed E-state index contributed by atoms with van der Waals surface area (Å²) in [6.45, 7) is 0. The van der Waals surface area contributed by atoms with Crippen LogP contribution in [0.4, 0.5) is 10.1 Å². The maximum Gasteiger partial charge on any atom is 0.318 e. The molecule has 1 aromatic carbocycles. The molecule has 0 unspecified atom stereocenters. The van der Waals surface area contributed by atoms with Crippen molar-refractivity contribution in [2.24, 2.45) is 0 Å². The number of halogens is 2. The molecule has 5 heteroatoms. The first-order valence-corrected chi connectivity index (χ1v) is 3.89. The topological polar surface area (TPSA) is 63.3 Å². The van der Waals surface area contributed by atoms with E-state index >= 15 is 0 Å². The first-order chi connectivity index (χ1) is 6.07. The van der Waals surface area contributed by atoms with Gasteiger partial charge in [-0.25, -0.2) is 4.39 Å². The second kappa shape index (κ2) is 6.25. The molecule has 0 fully saturated rings. The average molecular weight is 206 g/mol. The van der Waals surface area contributed by atoms with Gasteiger partial charge in [0.25, 0.3) is 0 Å². The highest BCUT2D eigenvalue weighted by Gasteiger charge is 1.89. The number of carboxylic acid groups (broad SMARTS) is 1. The minimum Gasteiger partial charge on any atom is -0.480 e. The van der Waals surface area contributed by atoms with Crippen molar-refractivity contribution < 1.29 is 14.3 Å². The number of para-hydroxylation sites is 1. The first-order valence-electron chi connectivity index (χ1n) is 3.35. The van der Waals surface area contributed by atoms with Crippen molar-refractivity contribution in [1.82, 2.24) is 0 Å². The second-order valence-electron chi connectivity index (χ2n) is 2.05. The highest BCUT2D eigenvalue weighted by atomic mass is 35.5. The number of carboxylic acids is 1. The molecular weight excluding hydrogens is 197 g/mol. The van der Waals surface area contributed by atoms with Gasteiger partial charge in [0, 0.05) is 0 Å². The molecule has 0 spiro atoms. The predicted octanol–water partition coefficient (Wildman–Crippen LogP) is 1.72. The third-order valence-corrected chi connectivity index (χ3v) is 1.25. The Morgan fingerprint density at radius 1 is 1.54 bits per heavy atom. The fourth-order valence-electron chi connectivity index (χ4n) is 0.475. The summed E-state index contributed by atoms with van der Waals surface area (Å²) < 4.78 is 12.2. The number of hydrogen-bond donors (Lipinski definition) is 2. The Bertz CT molecular complexity index is 260. The zero-order valence-electron chi connectivity index (χ0n) is 6.71. The van der Waals surface area contributed by atoms with Gasteiger partial charge in [-0.1, -0.05) is 12.1 Å². The van der Waals surface area contributed by atoms with Crippen LogP contribution in [0, 0.1) is 5.82 Å². The molecule has 0 bridgehead atoms. The lowest BCUT2D eigenvalue weighted by Crippen LogP contribution is -1.92. The third kappa shape index (κ3) is 5.93. The standard InChI is InChI=1S/C6H6FN.C2H3ClO2/c7-5-3-1-2-4-6(5)8;3-1-2(4)5/h1-4H,8H2;1H2,(H,4,5). The van der Waals surface area contributed by atoms with Gasteiger partial charge >= 0.3 is 5.97 Å². The van der Waals surface area contributed by atoms with E-state index in [0.29, 0.717) is 0 Å². The van der Waals surface area contributed by atoms with Gasteiger partial charge in [0.15, 0.2) is 0 Å². The van der Waals surface area contributed by atoms with E-state index < -0.39 is 5.97 Å². The normalized spacial score (nSPS) is 8.46. The zero-order chi connectivity index (χ0) is 10.3. The smallest absolute Gasteiger partial charge is 0.318 e. The van der Waals surface area contributed by atoms with Crippen LogP contribution >= 0.6 is 11.6 Å². The molecule has 0 aromatic heterocycles. The van der Waals surface area contributed by atoms with Gasteiger partial charge in [0.1, 0.15) is 11.7 Å².